The average Bonchev–Trinajstić information content (AvgIpc) is 2.60. The van der Waals surface area contributed by atoms with Crippen molar-refractivity contribution >= 4 is 11.8 Å². The van der Waals surface area contributed by atoms with Gasteiger partial charge in [-0.1, -0.05) is 50.2 Å². The number of hydrogen-bond donors (Lipinski definition) is 2. The maximum atomic E-state index is 13.5. The minimum absolute atomic E-state index is 0.000291. The van der Waals surface area contributed by atoms with Crippen molar-refractivity contribution in [3.8, 4) is 0 Å². The Kier molecular flexibility index (Phi) is 7.33. The second-order valence-electron chi connectivity index (χ2n) is 6.68. The molecule has 26 heavy (non-hydrogen) atoms. The predicted molar refractivity (Wildman–Crippen MR) is 100 cm³/mol. The zero-order valence-electron chi connectivity index (χ0n) is 15.2. The van der Waals surface area contributed by atoms with E-state index in [0.29, 0.717) is 18.9 Å². The number of benzene rings is 2. The SMILES string of the molecule is CC(C)Cc1ccc(CC(=O)NCCNC(=O)c2ccccc2F)cc1. The highest BCUT2D eigenvalue weighted by molar-refractivity contribution is 5.94. The van der Waals surface area contributed by atoms with E-state index < -0.39 is 11.7 Å². The lowest BCUT2D eigenvalue weighted by Crippen LogP contribution is -2.35. The first-order chi connectivity index (χ1) is 12.5. The van der Waals surface area contributed by atoms with Crippen LogP contribution in [-0.2, 0) is 17.6 Å². The van der Waals surface area contributed by atoms with Crippen LogP contribution in [-0.4, -0.2) is 24.9 Å². The van der Waals surface area contributed by atoms with Gasteiger partial charge in [-0.25, -0.2) is 4.39 Å². The summed E-state index contributed by atoms with van der Waals surface area (Å²) in [6.07, 6.45) is 1.32. The number of halogens is 1. The molecule has 2 aromatic carbocycles. The Hall–Kier alpha value is -2.69. The largest absolute Gasteiger partial charge is 0.354 e. The number of amides is 2. The molecule has 2 aromatic rings. The highest BCUT2D eigenvalue weighted by Crippen LogP contribution is 2.10. The number of carbonyl (C=O) groups excluding carboxylic acids is 2. The van der Waals surface area contributed by atoms with Crippen molar-refractivity contribution in [2.24, 2.45) is 5.92 Å². The van der Waals surface area contributed by atoms with E-state index in [1.165, 1.54) is 23.8 Å². The van der Waals surface area contributed by atoms with Crippen LogP contribution in [0.3, 0.4) is 0 Å². The van der Waals surface area contributed by atoms with Crippen LogP contribution in [0.25, 0.3) is 0 Å². The molecular formula is C21H25FN2O2. The summed E-state index contributed by atoms with van der Waals surface area (Å²) in [5.41, 5.74) is 2.21. The van der Waals surface area contributed by atoms with E-state index in [1.54, 1.807) is 6.07 Å². The smallest absolute Gasteiger partial charge is 0.254 e. The molecule has 0 bridgehead atoms. The van der Waals surface area contributed by atoms with Crippen molar-refractivity contribution in [2.75, 3.05) is 13.1 Å². The van der Waals surface area contributed by atoms with Gasteiger partial charge in [-0.05, 0) is 35.6 Å². The van der Waals surface area contributed by atoms with Crippen molar-refractivity contribution in [3.63, 3.8) is 0 Å². The molecule has 5 heteroatoms. The van der Waals surface area contributed by atoms with Gasteiger partial charge in [0, 0.05) is 13.1 Å². The fourth-order valence-electron chi connectivity index (χ4n) is 2.63. The third-order valence-electron chi connectivity index (χ3n) is 3.88. The Morgan fingerprint density at radius 3 is 2.19 bits per heavy atom. The fraction of sp³-hybridized carbons (Fsp3) is 0.333. The number of hydrogen-bond acceptors (Lipinski definition) is 2. The lowest BCUT2D eigenvalue weighted by atomic mass is 10.0. The van der Waals surface area contributed by atoms with Crippen molar-refractivity contribution < 1.29 is 14.0 Å². The van der Waals surface area contributed by atoms with Crippen LogP contribution in [0, 0.1) is 11.7 Å². The van der Waals surface area contributed by atoms with E-state index in [2.05, 4.69) is 36.6 Å². The van der Waals surface area contributed by atoms with Crippen LogP contribution in [0.2, 0.25) is 0 Å². The maximum absolute atomic E-state index is 13.5. The predicted octanol–water partition coefficient (Wildman–Crippen LogP) is 3.11. The first-order valence-corrected chi connectivity index (χ1v) is 8.83. The molecule has 0 radical (unpaired) electrons. The Morgan fingerprint density at radius 1 is 0.923 bits per heavy atom. The van der Waals surface area contributed by atoms with E-state index in [1.807, 2.05) is 12.1 Å². The van der Waals surface area contributed by atoms with Gasteiger partial charge in [-0.3, -0.25) is 9.59 Å². The molecule has 0 heterocycles. The van der Waals surface area contributed by atoms with Crippen LogP contribution in [0.5, 0.6) is 0 Å². The molecule has 0 fully saturated rings. The molecule has 0 aliphatic carbocycles. The molecule has 138 valence electrons. The van der Waals surface area contributed by atoms with Gasteiger partial charge < -0.3 is 10.6 Å². The zero-order valence-corrected chi connectivity index (χ0v) is 15.2. The summed E-state index contributed by atoms with van der Waals surface area (Å²) in [6, 6.07) is 13.8. The van der Waals surface area contributed by atoms with Gasteiger partial charge in [-0.15, -0.1) is 0 Å². The van der Waals surface area contributed by atoms with E-state index >= 15 is 0 Å². The third-order valence-corrected chi connectivity index (χ3v) is 3.88. The summed E-state index contributed by atoms with van der Waals surface area (Å²) in [6.45, 7) is 4.88. The van der Waals surface area contributed by atoms with Gasteiger partial charge in [-0.2, -0.15) is 0 Å². The standard InChI is InChI=1S/C21H25FN2O2/c1-15(2)13-16-7-9-17(10-8-16)14-20(25)23-11-12-24-21(26)18-5-3-4-6-19(18)22/h3-10,15H,11-14H2,1-2H3,(H,23,25)(H,24,26). The summed E-state index contributed by atoms with van der Waals surface area (Å²) < 4.78 is 13.5. The quantitative estimate of drug-likeness (QED) is 0.714. The summed E-state index contributed by atoms with van der Waals surface area (Å²) in [4.78, 5) is 23.8. The topological polar surface area (TPSA) is 58.2 Å². The monoisotopic (exact) mass is 356 g/mol. The molecule has 2 rings (SSSR count). The molecule has 2 amide bonds. The lowest BCUT2D eigenvalue weighted by Gasteiger charge is -2.09. The molecular weight excluding hydrogens is 331 g/mol. The summed E-state index contributed by atoms with van der Waals surface area (Å²) in [5, 5.41) is 5.34. The molecule has 0 spiro atoms. The van der Waals surface area contributed by atoms with E-state index in [0.717, 1.165) is 12.0 Å². The van der Waals surface area contributed by atoms with Gasteiger partial charge in [0.2, 0.25) is 5.91 Å². The second kappa shape index (κ2) is 9.70. The molecule has 2 N–H and O–H groups in total. The maximum Gasteiger partial charge on any atom is 0.254 e. The summed E-state index contributed by atoms with van der Waals surface area (Å²) in [7, 11) is 0. The van der Waals surface area contributed by atoms with Gasteiger partial charge >= 0.3 is 0 Å². The first kappa shape index (κ1) is 19.6. The molecule has 0 aliphatic heterocycles. The number of rotatable bonds is 8. The zero-order chi connectivity index (χ0) is 18.9. The number of carbonyl (C=O) groups is 2. The number of nitrogens with one attached hydrogen (secondary N) is 2. The Bertz CT molecular complexity index is 742. The van der Waals surface area contributed by atoms with Crippen molar-refractivity contribution in [3.05, 3.63) is 71.0 Å². The van der Waals surface area contributed by atoms with Crippen molar-refractivity contribution in [1.29, 1.82) is 0 Å². The fourth-order valence-corrected chi connectivity index (χ4v) is 2.63. The lowest BCUT2D eigenvalue weighted by molar-refractivity contribution is -0.120. The van der Waals surface area contributed by atoms with Crippen molar-refractivity contribution in [1.82, 2.24) is 10.6 Å². The summed E-state index contributed by atoms with van der Waals surface area (Å²) in [5.74, 6) is -0.557. The van der Waals surface area contributed by atoms with Gasteiger partial charge in [0.05, 0.1) is 12.0 Å². The minimum Gasteiger partial charge on any atom is -0.354 e. The van der Waals surface area contributed by atoms with Gasteiger partial charge in [0.25, 0.3) is 5.91 Å². The minimum atomic E-state index is -0.560. The second-order valence-corrected chi connectivity index (χ2v) is 6.68. The van der Waals surface area contributed by atoms with Gasteiger partial charge in [0.1, 0.15) is 5.82 Å². The first-order valence-electron chi connectivity index (χ1n) is 8.83. The highest BCUT2D eigenvalue weighted by atomic mass is 19.1. The molecule has 0 atom stereocenters. The molecule has 0 aliphatic rings. The average molecular weight is 356 g/mol. The van der Waals surface area contributed by atoms with Crippen LogP contribution >= 0.6 is 0 Å². The van der Waals surface area contributed by atoms with Crippen LogP contribution in [0.15, 0.2) is 48.5 Å². The van der Waals surface area contributed by atoms with E-state index in [9.17, 15) is 14.0 Å². The van der Waals surface area contributed by atoms with Crippen molar-refractivity contribution in [2.45, 2.75) is 26.7 Å². The highest BCUT2D eigenvalue weighted by Gasteiger charge is 2.10. The Morgan fingerprint density at radius 2 is 1.54 bits per heavy atom. The Balaban J connectivity index is 1.70. The van der Waals surface area contributed by atoms with E-state index in [4.69, 9.17) is 0 Å². The Labute approximate surface area is 153 Å². The van der Waals surface area contributed by atoms with Crippen LogP contribution < -0.4 is 10.6 Å². The molecule has 0 saturated heterocycles. The molecule has 0 saturated carbocycles. The third kappa shape index (κ3) is 6.31. The van der Waals surface area contributed by atoms with Crippen LogP contribution in [0.1, 0.15) is 35.3 Å². The van der Waals surface area contributed by atoms with Gasteiger partial charge in [0.15, 0.2) is 0 Å². The summed E-state index contributed by atoms with van der Waals surface area (Å²) >= 11 is 0. The molecule has 4 nitrogen and oxygen atoms in total. The van der Waals surface area contributed by atoms with Crippen LogP contribution in [0.4, 0.5) is 4.39 Å². The molecule has 0 unspecified atom stereocenters. The molecule has 0 aromatic heterocycles. The normalized spacial score (nSPS) is 10.6. The van der Waals surface area contributed by atoms with E-state index in [-0.39, 0.29) is 18.0 Å².